The number of alkyl halides is 3. The predicted molar refractivity (Wildman–Crippen MR) is 58.4 cm³/mol. The summed E-state index contributed by atoms with van der Waals surface area (Å²) in [5, 5.41) is 2.60. The molecule has 1 fully saturated rings. The largest absolute Gasteiger partial charge is 0.401 e. The van der Waals surface area contributed by atoms with E-state index in [1.165, 1.54) is 0 Å². The van der Waals surface area contributed by atoms with Crippen molar-refractivity contribution >= 4 is 0 Å². The van der Waals surface area contributed by atoms with Crippen molar-refractivity contribution in [3.05, 3.63) is 0 Å². The summed E-state index contributed by atoms with van der Waals surface area (Å²) in [6.07, 6.45) is -2.26. The van der Waals surface area contributed by atoms with Gasteiger partial charge in [0.15, 0.2) is 0 Å². The van der Waals surface area contributed by atoms with E-state index in [-0.39, 0.29) is 6.04 Å². The number of piperidine rings is 1. The summed E-state index contributed by atoms with van der Waals surface area (Å²) in [7, 11) is 0. The Bertz CT molecular complexity index is 204. The molecule has 0 aliphatic carbocycles. The second kappa shape index (κ2) is 5.87. The highest BCUT2D eigenvalue weighted by Crippen LogP contribution is 2.16. The Morgan fingerprint density at radius 1 is 1.38 bits per heavy atom. The van der Waals surface area contributed by atoms with E-state index in [9.17, 15) is 13.2 Å². The Balaban J connectivity index is 2.27. The first-order valence-corrected chi connectivity index (χ1v) is 5.89. The highest BCUT2D eigenvalue weighted by atomic mass is 19.4. The molecule has 1 atom stereocenters. The molecule has 96 valence electrons. The highest BCUT2D eigenvalue weighted by Gasteiger charge is 2.29. The molecule has 16 heavy (non-hydrogen) atoms. The van der Waals surface area contributed by atoms with Crippen LogP contribution >= 0.6 is 0 Å². The molecule has 1 N–H and O–H groups in total. The molecule has 1 heterocycles. The van der Waals surface area contributed by atoms with Gasteiger partial charge in [0.1, 0.15) is 0 Å². The fraction of sp³-hybridized carbons (Fsp3) is 1.00. The lowest BCUT2D eigenvalue weighted by Crippen LogP contribution is -2.48. The summed E-state index contributed by atoms with van der Waals surface area (Å²) in [6, 6.07) is -0.00544. The molecule has 0 aromatic carbocycles. The number of hydrogen-bond acceptors (Lipinski definition) is 2. The molecule has 1 aliphatic heterocycles. The molecular weight excluding hydrogens is 217 g/mol. The third-order valence-electron chi connectivity index (χ3n) is 2.72. The van der Waals surface area contributed by atoms with Gasteiger partial charge in [0.05, 0.1) is 6.54 Å². The van der Waals surface area contributed by atoms with E-state index in [4.69, 9.17) is 0 Å². The third kappa shape index (κ3) is 5.70. The number of nitrogens with one attached hydrogen (secondary N) is 1. The van der Waals surface area contributed by atoms with Crippen LogP contribution in [0.25, 0.3) is 0 Å². The molecule has 1 aliphatic rings. The molecule has 0 bridgehead atoms. The molecule has 0 aromatic heterocycles. The van der Waals surface area contributed by atoms with E-state index < -0.39 is 12.7 Å². The number of hydrogen-bond donors (Lipinski definition) is 1. The van der Waals surface area contributed by atoms with Crippen molar-refractivity contribution in [2.75, 3.05) is 26.2 Å². The Labute approximate surface area is 95.2 Å². The molecule has 0 amide bonds. The first kappa shape index (κ1) is 13.8. The molecule has 0 spiro atoms. The predicted octanol–water partition coefficient (Wildman–Crippen LogP) is 2.26. The van der Waals surface area contributed by atoms with E-state index in [1.54, 1.807) is 0 Å². The van der Waals surface area contributed by atoms with Gasteiger partial charge < -0.3 is 10.2 Å². The topological polar surface area (TPSA) is 15.3 Å². The molecule has 1 saturated heterocycles. The standard InChI is InChI=1S/C11H21F3N2/c1-9(2)6-16-5-3-4-10(7-16)15-8-11(12,13)14/h9-10,15H,3-8H2,1-2H3. The van der Waals surface area contributed by atoms with Gasteiger partial charge in [-0.15, -0.1) is 0 Å². The van der Waals surface area contributed by atoms with E-state index >= 15 is 0 Å². The zero-order valence-corrected chi connectivity index (χ0v) is 9.98. The molecule has 1 unspecified atom stereocenters. The lowest BCUT2D eigenvalue weighted by molar-refractivity contribution is -0.127. The van der Waals surface area contributed by atoms with Gasteiger partial charge in [0, 0.05) is 19.1 Å². The van der Waals surface area contributed by atoms with Gasteiger partial charge in [0.25, 0.3) is 0 Å². The zero-order valence-electron chi connectivity index (χ0n) is 9.98. The summed E-state index contributed by atoms with van der Waals surface area (Å²) in [6.45, 7) is 6.13. The molecule has 2 nitrogen and oxygen atoms in total. The second-order valence-electron chi connectivity index (χ2n) is 4.99. The van der Waals surface area contributed by atoms with Crippen LogP contribution in [-0.2, 0) is 0 Å². The van der Waals surface area contributed by atoms with Crippen LogP contribution in [0.1, 0.15) is 26.7 Å². The van der Waals surface area contributed by atoms with Crippen molar-refractivity contribution in [2.24, 2.45) is 5.92 Å². The maximum absolute atomic E-state index is 12.0. The van der Waals surface area contributed by atoms with Crippen molar-refractivity contribution in [3.63, 3.8) is 0 Å². The van der Waals surface area contributed by atoms with Crippen molar-refractivity contribution in [1.82, 2.24) is 10.2 Å². The minimum Gasteiger partial charge on any atom is -0.305 e. The van der Waals surface area contributed by atoms with Crippen LogP contribution in [0.3, 0.4) is 0 Å². The van der Waals surface area contributed by atoms with Gasteiger partial charge in [0.2, 0.25) is 0 Å². The smallest absolute Gasteiger partial charge is 0.305 e. The van der Waals surface area contributed by atoms with Crippen molar-refractivity contribution in [3.8, 4) is 0 Å². The van der Waals surface area contributed by atoms with E-state index in [1.807, 2.05) is 0 Å². The van der Waals surface area contributed by atoms with E-state index in [0.29, 0.717) is 5.92 Å². The summed E-state index contributed by atoms with van der Waals surface area (Å²) < 4.78 is 36.1. The van der Waals surface area contributed by atoms with Gasteiger partial charge in [-0.25, -0.2) is 0 Å². The van der Waals surface area contributed by atoms with Crippen LogP contribution in [0.15, 0.2) is 0 Å². The molecule has 1 rings (SSSR count). The SMILES string of the molecule is CC(C)CN1CCCC(NCC(F)(F)F)C1. The quantitative estimate of drug-likeness (QED) is 0.808. The number of likely N-dealkylation sites (tertiary alicyclic amines) is 1. The monoisotopic (exact) mass is 238 g/mol. The second-order valence-corrected chi connectivity index (χ2v) is 4.99. The van der Waals surface area contributed by atoms with Gasteiger partial charge in [-0.05, 0) is 25.3 Å². The molecule has 0 aromatic rings. The molecule has 0 radical (unpaired) electrons. The summed E-state index contributed by atoms with van der Waals surface area (Å²) in [5.74, 6) is 0.571. The van der Waals surface area contributed by atoms with Crippen LogP contribution < -0.4 is 5.32 Å². The van der Waals surface area contributed by atoms with Crippen molar-refractivity contribution < 1.29 is 13.2 Å². The Morgan fingerprint density at radius 3 is 2.62 bits per heavy atom. The fourth-order valence-corrected chi connectivity index (χ4v) is 2.16. The minimum atomic E-state index is -4.10. The first-order valence-electron chi connectivity index (χ1n) is 5.89. The van der Waals surface area contributed by atoms with E-state index in [0.717, 1.165) is 32.5 Å². The van der Waals surface area contributed by atoms with Crippen LogP contribution in [0, 0.1) is 5.92 Å². The van der Waals surface area contributed by atoms with E-state index in [2.05, 4.69) is 24.1 Å². The summed E-state index contributed by atoms with van der Waals surface area (Å²) in [4.78, 5) is 2.25. The molecule has 5 heteroatoms. The lowest BCUT2D eigenvalue weighted by atomic mass is 10.0. The van der Waals surface area contributed by atoms with Gasteiger partial charge in [-0.1, -0.05) is 13.8 Å². The van der Waals surface area contributed by atoms with Gasteiger partial charge >= 0.3 is 6.18 Å². The molecular formula is C11H21F3N2. The average Bonchev–Trinajstić information content (AvgIpc) is 2.13. The van der Waals surface area contributed by atoms with Crippen molar-refractivity contribution in [2.45, 2.75) is 38.9 Å². The van der Waals surface area contributed by atoms with Crippen LogP contribution in [0.4, 0.5) is 13.2 Å². The van der Waals surface area contributed by atoms with Crippen molar-refractivity contribution in [1.29, 1.82) is 0 Å². The Kier molecular flexibility index (Phi) is 5.05. The van der Waals surface area contributed by atoms with Crippen LogP contribution in [0.2, 0.25) is 0 Å². The third-order valence-corrected chi connectivity index (χ3v) is 2.72. The number of halogens is 3. The minimum absolute atomic E-state index is 0.00544. The zero-order chi connectivity index (χ0) is 12.2. The first-order chi connectivity index (χ1) is 7.37. The maximum Gasteiger partial charge on any atom is 0.401 e. The normalized spacial score (nSPS) is 24.0. The Morgan fingerprint density at radius 2 is 2.06 bits per heavy atom. The highest BCUT2D eigenvalue weighted by molar-refractivity contribution is 4.79. The van der Waals surface area contributed by atoms with Gasteiger partial charge in [-0.2, -0.15) is 13.2 Å². The summed E-state index contributed by atoms with van der Waals surface area (Å²) in [5.41, 5.74) is 0. The number of rotatable bonds is 4. The lowest BCUT2D eigenvalue weighted by Gasteiger charge is -2.34. The fourth-order valence-electron chi connectivity index (χ4n) is 2.16. The Hall–Kier alpha value is -0.290. The summed E-state index contributed by atoms with van der Waals surface area (Å²) >= 11 is 0. The number of nitrogens with zero attached hydrogens (tertiary/aromatic N) is 1. The molecule has 0 saturated carbocycles. The average molecular weight is 238 g/mol. The van der Waals surface area contributed by atoms with Crippen LogP contribution in [-0.4, -0.2) is 43.3 Å². The van der Waals surface area contributed by atoms with Crippen LogP contribution in [0.5, 0.6) is 0 Å². The van der Waals surface area contributed by atoms with Gasteiger partial charge in [-0.3, -0.25) is 0 Å². The maximum atomic E-state index is 12.0.